The lowest BCUT2D eigenvalue weighted by atomic mass is 10.3. The number of anilines is 1. The highest BCUT2D eigenvalue weighted by atomic mass is 79.9. The van der Waals surface area contributed by atoms with E-state index in [1.807, 2.05) is 0 Å². The number of benzene rings is 1. The number of aliphatic hydroxyl groups excluding tert-OH is 1. The Labute approximate surface area is 106 Å². The van der Waals surface area contributed by atoms with E-state index in [0.29, 0.717) is 28.2 Å². The normalized spacial score (nSPS) is 10.5. The Morgan fingerprint density at radius 2 is 2.00 bits per heavy atom. The first-order chi connectivity index (χ1) is 8.19. The predicted molar refractivity (Wildman–Crippen MR) is 66.1 cm³/mol. The van der Waals surface area contributed by atoms with Crippen LogP contribution in [0.5, 0.6) is 0 Å². The molecule has 0 saturated heterocycles. The summed E-state index contributed by atoms with van der Waals surface area (Å²) in [7, 11) is 0. The third kappa shape index (κ3) is 3.08. The SMILES string of the molecule is OCc1ccc(CNc2ccc(Br)c(F)c2)o1. The lowest BCUT2D eigenvalue weighted by Crippen LogP contribution is -1.98. The van der Waals surface area contributed by atoms with Gasteiger partial charge < -0.3 is 14.8 Å². The lowest BCUT2D eigenvalue weighted by molar-refractivity contribution is 0.244. The van der Waals surface area contributed by atoms with Crippen molar-refractivity contribution >= 4 is 21.6 Å². The molecule has 0 fully saturated rings. The van der Waals surface area contributed by atoms with Crippen molar-refractivity contribution in [2.45, 2.75) is 13.2 Å². The van der Waals surface area contributed by atoms with Gasteiger partial charge in [0.15, 0.2) is 0 Å². The molecule has 0 amide bonds. The summed E-state index contributed by atoms with van der Waals surface area (Å²) in [5, 5.41) is 11.9. The zero-order valence-electron chi connectivity index (χ0n) is 8.91. The first-order valence-corrected chi connectivity index (χ1v) is 5.85. The van der Waals surface area contributed by atoms with Gasteiger partial charge in [-0.05, 0) is 46.3 Å². The first-order valence-electron chi connectivity index (χ1n) is 5.06. The molecule has 3 nitrogen and oxygen atoms in total. The molecule has 17 heavy (non-hydrogen) atoms. The highest BCUT2D eigenvalue weighted by Gasteiger charge is 2.03. The summed E-state index contributed by atoms with van der Waals surface area (Å²) < 4.78 is 18.9. The van der Waals surface area contributed by atoms with Crippen LogP contribution in [0.4, 0.5) is 10.1 Å². The van der Waals surface area contributed by atoms with Crippen LogP contribution in [-0.2, 0) is 13.2 Å². The molecule has 0 spiro atoms. The van der Waals surface area contributed by atoms with Crippen molar-refractivity contribution in [2.24, 2.45) is 0 Å². The van der Waals surface area contributed by atoms with Crippen molar-refractivity contribution in [3.05, 3.63) is 52.1 Å². The zero-order valence-corrected chi connectivity index (χ0v) is 10.5. The van der Waals surface area contributed by atoms with Crippen molar-refractivity contribution in [1.29, 1.82) is 0 Å². The number of aliphatic hydroxyl groups is 1. The van der Waals surface area contributed by atoms with E-state index in [0.717, 1.165) is 0 Å². The Hall–Kier alpha value is -1.33. The summed E-state index contributed by atoms with van der Waals surface area (Å²) in [6.45, 7) is 0.327. The molecule has 0 bridgehead atoms. The minimum atomic E-state index is -0.314. The van der Waals surface area contributed by atoms with Gasteiger partial charge in [0, 0.05) is 5.69 Å². The van der Waals surface area contributed by atoms with Gasteiger partial charge in [0.1, 0.15) is 23.9 Å². The van der Waals surface area contributed by atoms with Gasteiger partial charge in [0.05, 0.1) is 11.0 Å². The Kier molecular flexibility index (Phi) is 3.81. The van der Waals surface area contributed by atoms with Crippen LogP contribution in [0.25, 0.3) is 0 Å². The van der Waals surface area contributed by atoms with Gasteiger partial charge in [0.25, 0.3) is 0 Å². The van der Waals surface area contributed by atoms with E-state index >= 15 is 0 Å². The van der Waals surface area contributed by atoms with E-state index in [4.69, 9.17) is 9.52 Å². The third-order valence-electron chi connectivity index (χ3n) is 2.26. The fourth-order valence-electron chi connectivity index (χ4n) is 1.40. The molecule has 2 N–H and O–H groups in total. The molecule has 1 heterocycles. The highest BCUT2D eigenvalue weighted by molar-refractivity contribution is 9.10. The van der Waals surface area contributed by atoms with Crippen molar-refractivity contribution < 1.29 is 13.9 Å². The summed E-state index contributed by atoms with van der Waals surface area (Å²) in [6.07, 6.45) is 0. The fourth-order valence-corrected chi connectivity index (χ4v) is 1.64. The molecule has 0 aliphatic carbocycles. The number of halogens is 2. The summed E-state index contributed by atoms with van der Waals surface area (Å²) in [5.74, 6) is 0.895. The van der Waals surface area contributed by atoms with Gasteiger partial charge in [-0.25, -0.2) is 4.39 Å². The number of rotatable bonds is 4. The van der Waals surface area contributed by atoms with Gasteiger partial charge >= 0.3 is 0 Å². The first kappa shape index (κ1) is 12.1. The maximum atomic E-state index is 13.2. The van der Waals surface area contributed by atoms with Crippen LogP contribution in [0.15, 0.2) is 39.2 Å². The minimum Gasteiger partial charge on any atom is -0.462 e. The predicted octanol–water partition coefficient (Wildman–Crippen LogP) is 3.29. The van der Waals surface area contributed by atoms with Crippen LogP contribution in [0.3, 0.4) is 0 Å². The second-order valence-electron chi connectivity index (χ2n) is 3.51. The molecule has 1 aromatic heterocycles. The van der Waals surface area contributed by atoms with Gasteiger partial charge in [-0.15, -0.1) is 0 Å². The monoisotopic (exact) mass is 299 g/mol. The van der Waals surface area contributed by atoms with Gasteiger partial charge in [-0.1, -0.05) is 0 Å². The Morgan fingerprint density at radius 3 is 2.65 bits per heavy atom. The molecule has 0 saturated carbocycles. The number of hydrogen-bond donors (Lipinski definition) is 2. The molecular weight excluding hydrogens is 289 g/mol. The van der Waals surface area contributed by atoms with Crippen LogP contribution >= 0.6 is 15.9 Å². The average molecular weight is 300 g/mol. The van der Waals surface area contributed by atoms with E-state index in [1.165, 1.54) is 6.07 Å². The van der Waals surface area contributed by atoms with E-state index in [1.54, 1.807) is 24.3 Å². The fraction of sp³-hybridized carbons (Fsp3) is 0.167. The van der Waals surface area contributed by atoms with Crippen molar-refractivity contribution in [3.8, 4) is 0 Å². The van der Waals surface area contributed by atoms with Crippen LogP contribution in [0.1, 0.15) is 11.5 Å². The van der Waals surface area contributed by atoms with Crippen LogP contribution in [0, 0.1) is 5.82 Å². The zero-order chi connectivity index (χ0) is 12.3. The van der Waals surface area contributed by atoms with Crippen molar-refractivity contribution in [2.75, 3.05) is 5.32 Å². The third-order valence-corrected chi connectivity index (χ3v) is 2.90. The Bertz CT molecular complexity index is 513. The maximum absolute atomic E-state index is 13.2. The van der Waals surface area contributed by atoms with E-state index in [-0.39, 0.29) is 12.4 Å². The molecule has 2 rings (SSSR count). The van der Waals surface area contributed by atoms with Crippen molar-refractivity contribution in [3.63, 3.8) is 0 Å². The van der Waals surface area contributed by atoms with Gasteiger partial charge in [-0.2, -0.15) is 0 Å². The molecule has 0 aliphatic heterocycles. The summed E-state index contributed by atoms with van der Waals surface area (Å²) in [5.41, 5.74) is 0.674. The summed E-state index contributed by atoms with van der Waals surface area (Å²) >= 11 is 3.09. The van der Waals surface area contributed by atoms with Crippen LogP contribution in [-0.4, -0.2) is 5.11 Å². The largest absolute Gasteiger partial charge is 0.462 e. The van der Waals surface area contributed by atoms with E-state index in [9.17, 15) is 4.39 Å². The molecule has 0 unspecified atom stereocenters. The summed E-state index contributed by atoms with van der Waals surface area (Å²) in [4.78, 5) is 0. The standard InChI is InChI=1S/C12H11BrFNO2/c13-11-4-1-8(5-12(11)14)15-6-9-2-3-10(7-16)17-9/h1-5,15-16H,6-7H2. The molecule has 5 heteroatoms. The molecule has 2 aromatic rings. The molecule has 0 radical (unpaired) electrons. The minimum absolute atomic E-state index is 0.118. The second kappa shape index (κ2) is 5.33. The van der Waals surface area contributed by atoms with Crippen molar-refractivity contribution in [1.82, 2.24) is 0 Å². The molecular formula is C12H11BrFNO2. The average Bonchev–Trinajstić information content (AvgIpc) is 2.79. The molecule has 0 atom stereocenters. The van der Waals surface area contributed by atoms with E-state index < -0.39 is 0 Å². The second-order valence-corrected chi connectivity index (χ2v) is 4.36. The Morgan fingerprint density at radius 1 is 1.24 bits per heavy atom. The molecule has 90 valence electrons. The van der Waals surface area contributed by atoms with Crippen LogP contribution in [0.2, 0.25) is 0 Å². The highest BCUT2D eigenvalue weighted by Crippen LogP contribution is 2.20. The number of hydrogen-bond acceptors (Lipinski definition) is 3. The van der Waals surface area contributed by atoms with Gasteiger partial charge in [0.2, 0.25) is 0 Å². The van der Waals surface area contributed by atoms with E-state index in [2.05, 4.69) is 21.2 Å². The summed E-state index contributed by atoms with van der Waals surface area (Å²) in [6, 6.07) is 8.29. The topological polar surface area (TPSA) is 45.4 Å². The molecule has 0 aliphatic rings. The smallest absolute Gasteiger partial charge is 0.139 e. The molecule has 1 aromatic carbocycles. The number of furan rings is 1. The lowest BCUT2D eigenvalue weighted by Gasteiger charge is -2.05. The maximum Gasteiger partial charge on any atom is 0.139 e. The number of nitrogens with one attached hydrogen (secondary N) is 1. The van der Waals surface area contributed by atoms with Gasteiger partial charge in [-0.3, -0.25) is 0 Å². The Balaban J connectivity index is 1.99. The van der Waals surface area contributed by atoms with Crippen LogP contribution < -0.4 is 5.32 Å². The quantitative estimate of drug-likeness (QED) is 0.911.